The maximum absolute atomic E-state index is 11.9. The Morgan fingerprint density at radius 2 is 2.33 bits per heavy atom. The number of nitrogens with one attached hydrogen (secondary N) is 1. The van der Waals surface area contributed by atoms with Crippen LogP contribution in [0.3, 0.4) is 0 Å². The molecule has 2 amide bonds. The Balaban J connectivity index is 1.98. The van der Waals surface area contributed by atoms with Gasteiger partial charge in [-0.25, -0.2) is 4.79 Å². The molecular weight excluding hydrogens is 246 g/mol. The molecule has 2 aromatic rings. The summed E-state index contributed by atoms with van der Waals surface area (Å²) in [5.41, 5.74) is 3.01. The first-order chi connectivity index (χ1) is 8.84. The number of nitrogens with zero attached hydrogens (tertiary/aromatic N) is 2. The Kier molecular flexibility index (Phi) is 2.82. The number of thiophene rings is 1. The van der Waals surface area contributed by atoms with Crippen LogP contribution in [-0.4, -0.2) is 17.6 Å². The molecule has 18 heavy (non-hydrogen) atoms. The molecule has 4 nitrogen and oxygen atoms in total. The van der Waals surface area contributed by atoms with Gasteiger partial charge in [0.1, 0.15) is 0 Å². The Morgan fingerprint density at radius 3 is 3.06 bits per heavy atom. The zero-order chi connectivity index (χ0) is 12.4. The third kappa shape index (κ3) is 2.00. The summed E-state index contributed by atoms with van der Waals surface area (Å²) in [7, 11) is 0. The van der Waals surface area contributed by atoms with E-state index in [1.54, 1.807) is 28.6 Å². The molecule has 2 aromatic heterocycles. The highest BCUT2D eigenvalue weighted by molar-refractivity contribution is 7.08. The van der Waals surface area contributed by atoms with Crippen LogP contribution in [0, 0.1) is 0 Å². The van der Waals surface area contributed by atoms with Gasteiger partial charge in [-0.3, -0.25) is 9.88 Å². The van der Waals surface area contributed by atoms with Crippen molar-refractivity contribution in [3.8, 4) is 0 Å². The normalized spacial score (nSPS) is 15.2. The summed E-state index contributed by atoms with van der Waals surface area (Å²) < 4.78 is 0. The van der Waals surface area contributed by atoms with Crippen LogP contribution < -0.4 is 10.2 Å². The second-order valence-corrected chi connectivity index (χ2v) is 4.69. The summed E-state index contributed by atoms with van der Waals surface area (Å²) in [6, 6.07) is 5.60. The van der Waals surface area contributed by atoms with Crippen LogP contribution in [0.15, 0.2) is 47.6 Å². The molecule has 3 rings (SSSR count). The summed E-state index contributed by atoms with van der Waals surface area (Å²) in [6.45, 7) is 0.562. The maximum atomic E-state index is 11.9. The minimum Gasteiger partial charge on any atom is -0.333 e. The molecule has 0 saturated carbocycles. The van der Waals surface area contributed by atoms with Crippen molar-refractivity contribution in [2.24, 2.45) is 0 Å². The van der Waals surface area contributed by atoms with E-state index in [1.165, 1.54) is 0 Å². The second kappa shape index (κ2) is 4.62. The Hall–Kier alpha value is -2.14. The standard InChI is InChI=1S/C13H11N3OS/c17-13-15-6-11(10-3-5-18-9-10)8-16(13)12-2-1-4-14-7-12/h1-5,7-9H,6H2,(H,15,17). The number of aromatic nitrogens is 1. The minimum atomic E-state index is -0.123. The Bertz CT molecular complexity index is 578. The van der Waals surface area contributed by atoms with Crippen molar-refractivity contribution < 1.29 is 4.79 Å². The maximum Gasteiger partial charge on any atom is 0.326 e. The molecular formula is C13H11N3OS. The van der Waals surface area contributed by atoms with Crippen LogP contribution in [-0.2, 0) is 0 Å². The predicted octanol–water partition coefficient (Wildman–Crippen LogP) is 2.71. The molecule has 90 valence electrons. The van der Waals surface area contributed by atoms with Crippen LogP contribution in [0.4, 0.5) is 10.5 Å². The van der Waals surface area contributed by atoms with Gasteiger partial charge in [-0.05, 0) is 40.1 Å². The molecule has 0 aromatic carbocycles. The SMILES string of the molecule is O=C1NCC(c2ccsc2)=CN1c1cccnc1. The van der Waals surface area contributed by atoms with E-state index >= 15 is 0 Å². The number of pyridine rings is 1. The van der Waals surface area contributed by atoms with E-state index in [-0.39, 0.29) is 6.03 Å². The predicted molar refractivity (Wildman–Crippen MR) is 72.4 cm³/mol. The van der Waals surface area contributed by atoms with E-state index in [9.17, 15) is 4.79 Å². The molecule has 1 aliphatic rings. The van der Waals surface area contributed by atoms with Gasteiger partial charge in [0, 0.05) is 18.9 Å². The summed E-state index contributed by atoms with van der Waals surface area (Å²) in [5.74, 6) is 0. The van der Waals surface area contributed by atoms with E-state index in [0.717, 1.165) is 16.8 Å². The number of rotatable bonds is 2. The number of carbonyl (C=O) groups is 1. The van der Waals surface area contributed by atoms with Gasteiger partial charge >= 0.3 is 6.03 Å². The average Bonchev–Trinajstić information content (AvgIpc) is 2.94. The quantitative estimate of drug-likeness (QED) is 0.899. The van der Waals surface area contributed by atoms with Gasteiger partial charge in [0.05, 0.1) is 11.9 Å². The van der Waals surface area contributed by atoms with Gasteiger partial charge < -0.3 is 5.32 Å². The highest BCUT2D eigenvalue weighted by atomic mass is 32.1. The van der Waals surface area contributed by atoms with Crippen molar-refractivity contribution in [2.45, 2.75) is 0 Å². The van der Waals surface area contributed by atoms with E-state index in [1.807, 2.05) is 23.7 Å². The first-order valence-corrected chi connectivity index (χ1v) is 6.49. The molecule has 0 saturated heterocycles. The number of amides is 2. The number of carbonyl (C=O) groups excluding carboxylic acids is 1. The molecule has 5 heteroatoms. The van der Waals surface area contributed by atoms with Crippen LogP contribution in [0.25, 0.3) is 5.57 Å². The summed E-state index contributed by atoms with van der Waals surface area (Å²) in [6.07, 6.45) is 5.24. The van der Waals surface area contributed by atoms with Crippen molar-refractivity contribution in [2.75, 3.05) is 11.4 Å². The Morgan fingerprint density at radius 1 is 1.39 bits per heavy atom. The number of hydrogen-bond acceptors (Lipinski definition) is 3. The second-order valence-electron chi connectivity index (χ2n) is 3.91. The fraction of sp³-hybridized carbons (Fsp3) is 0.0769. The molecule has 0 unspecified atom stereocenters. The number of anilines is 1. The van der Waals surface area contributed by atoms with Gasteiger partial charge in [-0.1, -0.05) is 0 Å². The summed E-state index contributed by atoms with van der Waals surface area (Å²) >= 11 is 1.65. The van der Waals surface area contributed by atoms with E-state index < -0.39 is 0 Å². The first-order valence-electron chi connectivity index (χ1n) is 5.55. The van der Waals surface area contributed by atoms with Crippen molar-refractivity contribution in [1.29, 1.82) is 0 Å². The van der Waals surface area contributed by atoms with Crippen molar-refractivity contribution in [1.82, 2.24) is 10.3 Å². The van der Waals surface area contributed by atoms with Gasteiger partial charge in [0.2, 0.25) is 0 Å². The zero-order valence-electron chi connectivity index (χ0n) is 9.54. The lowest BCUT2D eigenvalue weighted by atomic mass is 10.1. The van der Waals surface area contributed by atoms with Gasteiger partial charge in [-0.15, -0.1) is 0 Å². The van der Waals surface area contributed by atoms with Gasteiger partial charge in [0.15, 0.2) is 0 Å². The molecule has 1 N–H and O–H groups in total. The van der Waals surface area contributed by atoms with Crippen molar-refractivity contribution >= 4 is 28.6 Å². The fourth-order valence-corrected chi connectivity index (χ4v) is 2.51. The third-order valence-electron chi connectivity index (χ3n) is 2.75. The largest absolute Gasteiger partial charge is 0.333 e. The zero-order valence-corrected chi connectivity index (χ0v) is 10.4. The highest BCUT2D eigenvalue weighted by Crippen LogP contribution is 2.23. The van der Waals surface area contributed by atoms with E-state index in [0.29, 0.717) is 6.54 Å². The molecule has 3 heterocycles. The van der Waals surface area contributed by atoms with Crippen LogP contribution >= 0.6 is 11.3 Å². The highest BCUT2D eigenvalue weighted by Gasteiger charge is 2.20. The fourth-order valence-electron chi connectivity index (χ4n) is 1.83. The molecule has 0 bridgehead atoms. The number of hydrogen-bond donors (Lipinski definition) is 1. The van der Waals surface area contributed by atoms with E-state index in [2.05, 4.69) is 21.7 Å². The summed E-state index contributed by atoms with van der Waals surface area (Å²) in [4.78, 5) is 17.5. The molecule has 0 atom stereocenters. The average molecular weight is 257 g/mol. The van der Waals surface area contributed by atoms with Gasteiger partial charge in [0.25, 0.3) is 0 Å². The molecule has 0 radical (unpaired) electrons. The molecule has 0 fully saturated rings. The van der Waals surface area contributed by atoms with Crippen molar-refractivity contribution in [3.05, 3.63) is 53.1 Å². The van der Waals surface area contributed by atoms with Crippen LogP contribution in [0.5, 0.6) is 0 Å². The monoisotopic (exact) mass is 257 g/mol. The van der Waals surface area contributed by atoms with Crippen LogP contribution in [0.1, 0.15) is 5.56 Å². The van der Waals surface area contributed by atoms with E-state index in [4.69, 9.17) is 0 Å². The Labute approximate surface area is 109 Å². The first kappa shape index (κ1) is 11.0. The minimum absolute atomic E-state index is 0.123. The third-order valence-corrected chi connectivity index (χ3v) is 3.43. The molecule has 1 aliphatic heterocycles. The lowest BCUT2D eigenvalue weighted by molar-refractivity contribution is 0.248. The van der Waals surface area contributed by atoms with Crippen molar-refractivity contribution in [3.63, 3.8) is 0 Å². The van der Waals surface area contributed by atoms with Crippen LogP contribution in [0.2, 0.25) is 0 Å². The number of urea groups is 1. The summed E-state index contributed by atoms with van der Waals surface area (Å²) in [5, 5.41) is 6.97. The topological polar surface area (TPSA) is 45.2 Å². The smallest absolute Gasteiger partial charge is 0.326 e. The van der Waals surface area contributed by atoms with Gasteiger partial charge in [-0.2, -0.15) is 11.3 Å². The lowest BCUT2D eigenvalue weighted by Crippen LogP contribution is -2.41. The molecule has 0 aliphatic carbocycles. The molecule has 0 spiro atoms. The lowest BCUT2D eigenvalue weighted by Gasteiger charge is -2.25.